The van der Waals surface area contributed by atoms with Gasteiger partial charge in [0, 0.05) is 11.8 Å². The summed E-state index contributed by atoms with van der Waals surface area (Å²) in [7, 11) is 1.60. The number of ether oxygens (including phenoxy) is 1. The molecule has 126 valence electrons. The Bertz CT molecular complexity index is 882. The van der Waals surface area contributed by atoms with Crippen LogP contribution in [0.25, 0.3) is 0 Å². The van der Waals surface area contributed by atoms with Crippen LogP contribution in [0.2, 0.25) is 0 Å². The van der Waals surface area contributed by atoms with Gasteiger partial charge in [-0.05, 0) is 31.2 Å². The van der Waals surface area contributed by atoms with Crippen LogP contribution in [0, 0.1) is 6.92 Å². The van der Waals surface area contributed by atoms with Crippen LogP contribution in [-0.4, -0.2) is 23.0 Å². The topological polar surface area (TPSA) is 76.1 Å². The molecule has 0 aliphatic carbocycles. The number of hydrogen-bond acceptors (Lipinski definition) is 5. The zero-order chi connectivity index (χ0) is 17.6. The van der Waals surface area contributed by atoms with Crippen molar-refractivity contribution < 1.29 is 9.53 Å². The quantitative estimate of drug-likeness (QED) is 0.742. The Labute approximate surface area is 145 Å². The lowest BCUT2D eigenvalue weighted by Gasteiger charge is -2.12. The molecule has 2 N–H and O–H groups in total. The zero-order valence-electron chi connectivity index (χ0n) is 14.0. The summed E-state index contributed by atoms with van der Waals surface area (Å²) in [5.41, 5.74) is 1.76. The molecule has 0 atom stereocenters. The fourth-order valence-electron chi connectivity index (χ4n) is 2.35. The highest BCUT2D eigenvalue weighted by Gasteiger charge is 2.12. The normalized spacial score (nSPS) is 10.2. The van der Waals surface area contributed by atoms with Crippen molar-refractivity contribution in [1.29, 1.82) is 0 Å². The van der Waals surface area contributed by atoms with E-state index in [-0.39, 0.29) is 11.6 Å². The van der Waals surface area contributed by atoms with Gasteiger partial charge in [-0.15, -0.1) is 0 Å². The number of rotatable bonds is 5. The molecule has 0 saturated carbocycles. The van der Waals surface area contributed by atoms with Crippen molar-refractivity contribution in [3.63, 3.8) is 0 Å². The molecule has 0 spiro atoms. The maximum atomic E-state index is 12.4. The number of amides is 1. The lowest BCUT2D eigenvalue weighted by atomic mass is 10.2. The number of nitrogens with zero attached hydrogens (tertiary/aromatic N) is 2. The molecule has 2 aromatic carbocycles. The smallest absolute Gasteiger partial charge is 0.274 e. The number of benzene rings is 2. The monoisotopic (exact) mass is 334 g/mol. The predicted molar refractivity (Wildman–Crippen MR) is 97.4 cm³/mol. The van der Waals surface area contributed by atoms with Crippen LogP contribution in [0.1, 0.15) is 16.3 Å². The summed E-state index contributed by atoms with van der Waals surface area (Å²) in [4.78, 5) is 21.0. The van der Waals surface area contributed by atoms with E-state index < -0.39 is 0 Å². The zero-order valence-corrected chi connectivity index (χ0v) is 14.0. The molecule has 0 radical (unpaired) electrons. The number of aromatic nitrogens is 2. The van der Waals surface area contributed by atoms with Gasteiger partial charge in [0.15, 0.2) is 0 Å². The minimum absolute atomic E-state index is 0.286. The van der Waals surface area contributed by atoms with Crippen LogP contribution in [0.5, 0.6) is 5.75 Å². The first kappa shape index (κ1) is 16.4. The summed E-state index contributed by atoms with van der Waals surface area (Å²) < 4.78 is 5.32. The maximum absolute atomic E-state index is 12.4. The van der Waals surface area contributed by atoms with E-state index in [1.165, 1.54) is 0 Å². The summed E-state index contributed by atoms with van der Waals surface area (Å²) in [6.45, 7) is 1.74. The SMILES string of the molecule is COc1ccccc1Nc1cc(C(=O)Nc2ccccc2)nc(C)n1. The number of anilines is 3. The number of nitrogens with one attached hydrogen (secondary N) is 2. The van der Waals surface area contributed by atoms with Gasteiger partial charge in [0.2, 0.25) is 0 Å². The number of carbonyl (C=O) groups excluding carboxylic acids is 1. The Kier molecular flexibility index (Phi) is 4.89. The van der Waals surface area contributed by atoms with Crippen molar-refractivity contribution in [3.8, 4) is 5.75 Å². The van der Waals surface area contributed by atoms with Crippen molar-refractivity contribution in [1.82, 2.24) is 9.97 Å². The molecule has 6 nitrogen and oxygen atoms in total. The van der Waals surface area contributed by atoms with Crippen molar-refractivity contribution in [3.05, 3.63) is 72.2 Å². The third kappa shape index (κ3) is 4.11. The van der Waals surface area contributed by atoms with E-state index in [0.29, 0.717) is 23.1 Å². The predicted octanol–water partition coefficient (Wildman–Crippen LogP) is 3.79. The Morgan fingerprint density at radius 3 is 2.48 bits per heavy atom. The van der Waals surface area contributed by atoms with E-state index in [0.717, 1.165) is 5.69 Å². The molecule has 0 saturated heterocycles. The molecule has 0 bridgehead atoms. The van der Waals surface area contributed by atoms with Gasteiger partial charge in [-0.25, -0.2) is 9.97 Å². The van der Waals surface area contributed by atoms with Gasteiger partial charge in [0.25, 0.3) is 5.91 Å². The molecule has 1 amide bonds. The summed E-state index contributed by atoms with van der Waals surface area (Å²) in [5, 5.41) is 5.98. The van der Waals surface area contributed by atoms with Crippen LogP contribution < -0.4 is 15.4 Å². The van der Waals surface area contributed by atoms with Gasteiger partial charge >= 0.3 is 0 Å². The summed E-state index contributed by atoms with van der Waals surface area (Å²) in [6.07, 6.45) is 0. The number of para-hydroxylation sites is 3. The van der Waals surface area contributed by atoms with Crippen molar-refractivity contribution in [2.45, 2.75) is 6.92 Å². The summed E-state index contributed by atoms with van der Waals surface area (Å²) >= 11 is 0. The van der Waals surface area contributed by atoms with E-state index >= 15 is 0 Å². The molecular formula is C19H18N4O2. The first-order valence-electron chi connectivity index (χ1n) is 7.78. The van der Waals surface area contributed by atoms with Crippen LogP contribution >= 0.6 is 0 Å². The Morgan fingerprint density at radius 1 is 1.00 bits per heavy atom. The molecule has 1 heterocycles. The molecule has 0 aliphatic rings. The molecule has 0 fully saturated rings. The molecule has 1 aromatic heterocycles. The third-order valence-electron chi connectivity index (χ3n) is 3.47. The summed E-state index contributed by atoms with van der Waals surface area (Å²) in [5.74, 6) is 1.42. The van der Waals surface area contributed by atoms with Gasteiger partial charge in [0.1, 0.15) is 23.1 Å². The van der Waals surface area contributed by atoms with Gasteiger partial charge in [-0.3, -0.25) is 4.79 Å². The Hall–Kier alpha value is -3.41. The number of aryl methyl sites for hydroxylation is 1. The third-order valence-corrected chi connectivity index (χ3v) is 3.47. The van der Waals surface area contributed by atoms with E-state index in [1.807, 2.05) is 54.6 Å². The molecule has 0 unspecified atom stereocenters. The van der Waals surface area contributed by atoms with E-state index in [9.17, 15) is 4.79 Å². The first-order chi connectivity index (χ1) is 12.2. The van der Waals surface area contributed by atoms with Crippen molar-refractivity contribution in [2.75, 3.05) is 17.7 Å². The highest BCUT2D eigenvalue weighted by atomic mass is 16.5. The molecular weight excluding hydrogens is 316 g/mol. The minimum atomic E-state index is -0.292. The Balaban J connectivity index is 1.84. The first-order valence-corrected chi connectivity index (χ1v) is 7.78. The van der Waals surface area contributed by atoms with Crippen molar-refractivity contribution in [2.24, 2.45) is 0 Å². The average molecular weight is 334 g/mol. The molecule has 3 aromatic rings. The Morgan fingerprint density at radius 2 is 1.72 bits per heavy atom. The largest absolute Gasteiger partial charge is 0.495 e. The molecule has 6 heteroatoms. The minimum Gasteiger partial charge on any atom is -0.495 e. The van der Waals surface area contributed by atoms with E-state index in [4.69, 9.17) is 4.74 Å². The fourth-order valence-corrected chi connectivity index (χ4v) is 2.35. The molecule has 3 rings (SSSR count). The van der Waals surface area contributed by atoms with Crippen LogP contribution in [-0.2, 0) is 0 Å². The average Bonchev–Trinajstić information content (AvgIpc) is 2.62. The lowest BCUT2D eigenvalue weighted by Crippen LogP contribution is -2.15. The second kappa shape index (κ2) is 7.44. The lowest BCUT2D eigenvalue weighted by molar-refractivity contribution is 0.102. The molecule has 0 aliphatic heterocycles. The van der Waals surface area contributed by atoms with Gasteiger partial charge in [-0.1, -0.05) is 30.3 Å². The standard InChI is InChI=1S/C19H18N4O2/c1-13-20-16(19(24)22-14-8-4-3-5-9-14)12-18(21-13)23-15-10-6-7-11-17(15)25-2/h3-12H,1-2H3,(H,22,24)(H,20,21,23). The highest BCUT2D eigenvalue weighted by Crippen LogP contribution is 2.26. The second-order valence-corrected chi connectivity index (χ2v) is 5.33. The van der Waals surface area contributed by atoms with E-state index in [2.05, 4.69) is 20.6 Å². The second-order valence-electron chi connectivity index (χ2n) is 5.33. The number of hydrogen-bond donors (Lipinski definition) is 2. The molecule has 25 heavy (non-hydrogen) atoms. The summed E-state index contributed by atoms with van der Waals surface area (Å²) in [6, 6.07) is 18.3. The van der Waals surface area contributed by atoms with Crippen LogP contribution in [0.4, 0.5) is 17.2 Å². The van der Waals surface area contributed by atoms with Crippen molar-refractivity contribution >= 4 is 23.1 Å². The van der Waals surface area contributed by atoms with Gasteiger partial charge in [-0.2, -0.15) is 0 Å². The number of methoxy groups -OCH3 is 1. The highest BCUT2D eigenvalue weighted by molar-refractivity contribution is 6.03. The van der Waals surface area contributed by atoms with Crippen LogP contribution in [0.3, 0.4) is 0 Å². The van der Waals surface area contributed by atoms with E-state index in [1.54, 1.807) is 20.1 Å². The maximum Gasteiger partial charge on any atom is 0.274 e. The van der Waals surface area contributed by atoms with Gasteiger partial charge < -0.3 is 15.4 Å². The fraction of sp³-hybridized carbons (Fsp3) is 0.105. The number of carbonyl (C=O) groups is 1. The van der Waals surface area contributed by atoms with Gasteiger partial charge in [0.05, 0.1) is 12.8 Å². The van der Waals surface area contributed by atoms with Crippen LogP contribution in [0.15, 0.2) is 60.7 Å².